The van der Waals surface area contributed by atoms with E-state index in [-0.39, 0.29) is 9.79 Å². The summed E-state index contributed by atoms with van der Waals surface area (Å²) >= 11 is 0. The maximum atomic E-state index is 12.5. The number of nitrogens with zero attached hydrogens (tertiary/aromatic N) is 1. The molecular formula is C22H26N2O7S2. The lowest BCUT2D eigenvalue weighted by atomic mass is 10.2. The zero-order chi connectivity index (χ0) is 24.6. The van der Waals surface area contributed by atoms with Crippen LogP contribution in [0, 0.1) is 0 Å². The molecule has 0 aromatic heterocycles. The molecule has 0 aliphatic heterocycles. The van der Waals surface area contributed by atoms with Crippen LogP contribution in [-0.4, -0.2) is 59.0 Å². The Balaban J connectivity index is 1.89. The van der Waals surface area contributed by atoms with Gasteiger partial charge in [0.2, 0.25) is 10.0 Å². The van der Waals surface area contributed by atoms with Crippen molar-refractivity contribution in [3.8, 4) is 0 Å². The number of benzene rings is 2. The van der Waals surface area contributed by atoms with Gasteiger partial charge in [-0.05, 0) is 48.0 Å². The molecule has 0 unspecified atom stereocenters. The fourth-order valence-corrected chi connectivity index (χ4v) is 4.88. The lowest BCUT2D eigenvalue weighted by Crippen LogP contribution is -2.30. The molecule has 0 saturated carbocycles. The number of ether oxygens (including phenoxy) is 1. The predicted octanol–water partition coefficient (Wildman–Crippen LogP) is 2.32. The molecule has 0 atom stereocenters. The molecule has 9 nitrogen and oxygen atoms in total. The largest absolute Gasteiger partial charge is 0.452 e. The molecule has 0 fully saturated rings. The Morgan fingerprint density at radius 2 is 1.45 bits per heavy atom. The summed E-state index contributed by atoms with van der Waals surface area (Å²) in [7, 11) is -6.90. The van der Waals surface area contributed by atoms with Crippen molar-refractivity contribution in [2.24, 2.45) is 0 Å². The van der Waals surface area contributed by atoms with Gasteiger partial charge in [-0.3, -0.25) is 4.79 Å². The number of nitrogens with one attached hydrogen (secondary N) is 1. The zero-order valence-electron chi connectivity index (χ0n) is 18.5. The molecule has 0 aliphatic rings. The maximum Gasteiger partial charge on any atom is 0.331 e. The molecule has 178 valence electrons. The molecule has 0 spiro atoms. The lowest BCUT2D eigenvalue weighted by molar-refractivity contribution is -0.142. The number of anilines is 1. The minimum atomic E-state index is -3.56. The van der Waals surface area contributed by atoms with E-state index in [1.807, 2.05) is 0 Å². The highest BCUT2D eigenvalue weighted by Crippen LogP contribution is 2.17. The van der Waals surface area contributed by atoms with E-state index in [2.05, 4.69) is 5.32 Å². The summed E-state index contributed by atoms with van der Waals surface area (Å²) in [6.45, 7) is 3.73. The smallest absolute Gasteiger partial charge is 0.331 e. The lowest BCUT2D eigenvalue weighted by Gasteiger charge is -2.18. The first-order valence-corrected chi connectivity index (χ1v) is 13.4. The normalized spacial score (nSPS) is 12.1. The predicted molar refractivity (Wildman–Crippen MR) is 125 cm³/mol. The van der Waals surface area contributed by atoms with E-state index in [4.69, 9.17) is 4.74 Å². The van der Waals surface area contributed by atoms with Gasteiger partial charge in [0.25, 0.3) is 5.91 Å². The number of rotatable bonds is 10. The third-order valence-corrected chi connectivity index (χ3v) is 7.74. The van der Waals surface area contributed by atoms with Gasteiger partial charge in [0.1, 0.15) is 0 Å². The van der Waals surface area contributed by atoms with Gasteiger partial charge in [0, 0.05) is 31.1 Å². The third kappa shape index (κ3) is 7.52. The van der Waals surface area contributed by atoms with Crippen LogP contribution < -0.4 is 5.32 Å². The molecule has 33 heavy (non-hydrogen) atoms. The summed E-state index contributed by atoms with van der Waals surface area (Å²) < 4.78 is 54.1. The minimum absolute atomic E-state index is 0.121. The van der Waals surface area contributed by atoms with Crippen molar-refractivity contribution < 1.29 is 31.2 Å². The average Bonchev–Trinajstić information content (AvgIpc) is 2.77. The molecular weight excluding hydrogens is 468 g/mol. The quantitative estimate of drug-likeness (QED) is 0.397. The second kappa shape index (κ2) is 11.2. The number of amides is 1. The molecule has 11 heteroatoms. The Hall–Kier alpha value is -3.02. The number of hydrogen-bond acceptors (Lipinski definition) is 7. The van der Waals surface area contributed by atoms with Gasteiger partial charge < -0.3 is 10.1 Å². The maximum absolute atomic E-state index is 12.5. The topological polar surface area (TPSA) is 127 Å². The Kier molecular flexibility index (Phi) is 8.91. The van der Waals surface area contributed by atoms with Crippen LogP contribution in [0.25, 0.3) is 6.08 Å². The third-order valence-electron chi connectivity index (χ3n) is 4.55. The van der Waals surface area contributed by atoms with Crippen molar-refractivity contribution in [2.45, 2.75) is 23.6 Å². The Bertz CT molecular complexity index is 1210. The van der Waals surface area contributed by atoms with Gasteiger partial charge in [-0.15, -0.1) is 0 Å². The van der Waals surface area contributed by atoms with Crippen LogP contribution in [0.3, 0.4) is 0 Å². The summed E-state index contributed by atoms with van der Waals surface area (Å²) in [5, 5.41) is 2.49. The SMILES string of the molecule is CCN(CC)S(=O)(=O)c1ccc(/C=C/C(=O)OCC(=O)Nc2ccc(S(C)(=O)=O)cc2)cc1. The van der Waals surface area contributed by atoms with Crippen LogP contribution >= 0.6 is 0 Å². The van der Waals surface area contributed by atoms with Gasteiger partial charge in [-0.25, -0.2) is 21.6 Å². The number of carbonyl (C=O) groups excluding carboxylic acids is 2. The number of sulfone groups is 1. The first kappa shape index (κ1) is 26.2. The second-order valence-corrected chi connectivity index (χ2v) is 10.9. The van der Waals surface area contributed by atoms with Crippen LogP contribution in [-0.2, 0) is 34.2 Å². The highest BCUT2D eigenvalue weighted by molar-refractivity contribution is 7.90. The van der Waals surface area contributed by atoms with Crippen LogP contribution in [0.15, 0.2) is 64.4 Å². The molecule has 1 N–H and O–H groups in total. The molecule has 2 aromatic rings. The van der Waals surface area contributed by atoms with E-state index < -0.39 is 38.3 Å². The van der Waals surface area contributed by atoms with E-state index in [1.54, 1.807) is 26.0 Å². The first-order chi connectivity index (χ1) is 15.5. The summed E-state index contributed by atoms with van der Waals surface area (Å²) in [6, 6.07) is 11.6. The number of carbonyl (C=O) groups is 2. The molecule has 2 aromatic carbocycles. The van der Waals surface area contributed by atoms with Crippen molar-refractivity contribution >= 4 is 43.5 Å². The standard InChI is InChI=1S/C22H26N2O7S2/c1-4-24(5-2)33(29,30)20-11-6-17(7-12-20)8-15-22(26)31-16-21(25)23-18-9-13-19(14-10-18)32(3,27)28/h6-15H,4-5,16H2,1-3H3,(H,23,25)/b15-8+. The fraction of sp³-hybridized carbons (Fsp3) is 0.273. The van der Waals surface area contributed by atoms with Crippen LogP contribution in [0.5, 0.6) is 0 Å². The van der Waals surface area contributed by atoms with Crippen molar-refractivity contribution in [3.63, 3.8) is 0 Å². The Labute approximate surface area is 194 Å². The molecule has 2 rings (SSSR count). The van der Waals surface area contributed by atoms with Gasteiger partial charge in [-0.2, -0.15) is 4.31 Å². The van der Waals surface area contributed by atoms with Gasteiger partial charge in [-0.1, -0.05) is 26.0 Å². The summed E-state index contributed by atoms with van der Waals surface area (Å²) in [5.74, 6) is -1.34. The van der Waals surface area contributed by atoms with Gasteiger partial charge >= 0.3 is 5.97 Å². The highest BCUT2D eigenvalue weighted by atomic mass is 32.2. The van der Waals surface area contributed by atoms with Crippen LogP contribution in [0.1, 0.15) is 19.4 Å². The van der Waals surface area contributed by atoms with E-state index in [1.165, 1.54) is 46.8 Å². The summed E-state index contributed by atoms with van der Waals surface area (Å²) in [6.07, 6.45) is 3.65. The van der Waals surface area contributed by atoms with Crippen molar-refractivity contribution in [2.75, 3.05) is 31.3 Å². The average molecular weight is 495 g/mol. The minimum Gasteiger partial charge on any atom is -0.452 e. The summed E-state index contributed by atoms with van der Waals surface area (Å²) in [5.41, 5.74) is 0.944. The van der Waals surface area contributed by atoms with Gasteiger partial charge in [0.15, 0.2) is 16.4 Å². The van der Waals surface area contributed by atoms with Crippen molar-refractivity contribution in [3.05, 3.63) is 60.2 Å². The molecule has 1 amide bonds. The number of sulfonamides is 1. The molecule has 0 aliphatic carbocycles. The van der Waals surface area contributed by atoms with E-state index in [0.29, 0.717) is 24.3 Å². The van der Waals surface area contributed by atoms with E-state index in [9.17, 15) is 26.4 Å². The molecule has 0 bridgehead atoms. The Morgan fingerprint density at radius 3 is 1.97 bits per heavy atom. The summed E-state index contributed by atoms with van der Waals surface area (Å²) in [4.78, 5) is 24.1. The number of hydrogen-bond donors (Lipinski definition) is 1. The fourth-order valence-electron chi connectivity index (χ4n) is 2.80. The molecule has 0 heterocycles. The van der Waals surface area contributed by atoms with Crippen molar-refractivity contribution in [1.29, 1.82) is 0 Å². The zero-order valence-corrected chi connectivity index (χ0v) is 20.1. The van der Waals surface area contributed by atoms with Gasteiger partial charge in [0.05, 0.1) is 9.79 Å². The van der Waals surface area contributed by atoms with E-state index in [0.717, 1.165) is 12.3 Å². The molecule has 0 radical (unpaired) electrons. The second-order valence-electron chi connectivity index (χ2n) is 6.94. The Morgan fingerprint density at radius 1 is 0.909 bits per heavy atom. The highest BCUT2D eigenvalue weighted by Gasteiger charge is 2.21. The van der Waals surface area contributed by atoms with Crippen molar-refractivity contribution in [1.82, 2.24) is 4.31 Å². The van der Waals surface area contributed by atoms with E-state index >= 15 is 0 Å². The molecule has 0 saturated heterocycles. The monoisotopic (exact) mass is 494 g/mol. The van der Waals surface area contributed by atoms with Crippen LogP contribution in [0.4, 0.5) is 5.69 Å². The van der Waals surface area contributed by atoms with Crippen LogP contribution in [0.2, 0.25) is 0 Å². The first-order valence-electron chi connectivity index (χ1n) is 10.0. The number of esters is 1.